The lowest BCUT2D eigenvalue weighted by molar-refractivity contribution is 0.0785. The van der Waals surface area contributed by atoms with Gasteiger partial charge in [0.15, 0.2) is 0 Å². The Morgan fingerprint density at radius 1 is 1.43 bits per heavy atom. The van der Waals surface area contributed by atoms with Crippen LogP contribution in [0.2, 0.25) is 0 Å². The van der Waals surface area contributed by atoms with Gasteiger partial charge < -0.3 is 14.4 Å². The maximum absolute atomic E-state index is 13.5. The Kier molecular flexibility index (Phi) is 3.73. The first kappa shape index (κ1) is 15.0. The van der Waals surface area contributed by atoms with Crippen LogP contribution in [0.15, 0.2) is 24.5 Å². The molecule has 1 aromatic heterocycles. The number of amides is 1. The van der Waals surface area contributed by atoms with Gasteiger partial charge in [-0.15, -0.1) is 0 Å². The van der Waals surface area contributed by atoms with Crippen molar-refractivity contribution in [3.05, 3.63) is 41.6 Å². The predicted octanol–water partition coefficient (Wildman–Crippen LogP) is 2.13. The number of nitrogens with zero attached hydrogens (tertiary/aromatic N) is 3. The van der Waals surface area contributed by atoms with Crippen molar-refractivity contribution in [3.63, 3.8) is 0 Å². The number of aromatic nitrogens is 2. The summed E-state index contributed by atoms with van der Waals surface area (Å²) in [5.41, 5.74) is 1.19. The molecule has 8 heteroatoms. The number of hydrogen-bond acceptors (Lipinski definition) is 5. The molecule has 23 heavy (non-hydrogen) atoms. The fourth-order valence-electron chi connectivity index (χ4n) is 2.41. The van der Waals surface area contributed by atoms with E-state index in [0.29, 0.717) is 11.4 Å². The molecule has 120 valence electrons. The van der Waals surface area contributed by atoms with Crippen molar-refractivity contribution in [2.75, 3.05) is 13.7 Å². The van der Waals surface area contributed by atoms with Gasteiger partial charge in [-0.25, -0.2) is 14.2 Å². The first-order valence-corrected chi connectivity index (χ1v) is 6.97. The number of halogens is 1. The number of carbonyl (C=O) groups is 2. The standard InChI is InChI=1S/C15H14FN3O4/c1-3-22-15(21)23-13-12-7-18(2)14(20)10-6-9(16)4-5-11(10)19(12)8-17-13/h4-6,8H,3,7H2,1-2H3. The molecule has 3 rings (SSSR count). The van der Waals surface area contributed by atoms with Crippen molar-refractivity contribution in [2.45, 2.75) is 13.5 Å². The maximum Gasteiger partial charge on any atom is 0.515 e. The van der Waals surface area contributed by atoms with Gasteiger partial charge in [0.1, 0.15) is 17.8 Å². The van der Waals surface area contributed by atoms with Crippen LogP contribution >= 0.6 is 0 Å². The third-order valence-electron chi connectivity index (χ3n) is 3.45. The summed E-state index contributed by atoms with van der Waals surface area (Å²) >= 11 is 0. The third kappa shape index (κ3) is 2.63. The van der Waals surface area contributed by atoms with E-state index in [4.69, 9.17) is 9.47 Å². The monoisotopic (exact) mass is 319 g/mol. The summed E-state index contributed by atoms with van der Waals surface area (Å²) in [4.78, 5) is 29.3. The van der Waals surface area contributed by atoms with Crippen molar-refractivity contribution in [2.24, 2.45) is 0 Å². The molecular formula is C15H14FN3O4. The molecule has 1 aliphatic rings. The summed E-state index contributed by atoms with van der Waals surface area (Å²) in [7, 11) is 1.58. The van der Waals surface area contributed by atoms with Gasteiger partial charge in [0.25, 0.3) is 5.91 Å². The van der Waals surface area contributed by atoms with E-state index in [1.54, 1.807) is 18.5 Å². The van der Waals surface area contributed by atoms with Gasteiger partial charge in [0.05, 0.1) is 24.4 Å². The molecular weight excluding hydrogens is 305 g/mol. The third-order valence-corrected chi connectivity index (χ3v) is 3.45. The van der Waals surface area contributed by atoms with Gasteiger partial charge in [-0.3, -0.25) is 9.36 Å². The van der Waals surface area contributed by atoms with Crippen LogP contribution in [0.4, 0.5) is 9.18 Å². The highest BCUT2D eigenvalue weighted by Gasteiger charge is 2.28. The van der Waals surface area contributed by atoms with Crippen LogP contribution < -0.4 is 4.74 Å². The Balaban J connectivity index is 2.08. The smallest absolute Gasteiger partial charge is 0.434 e. The zero-order valence-electron chi connectivity index (χ0n) is 12.6. The van der Waals surface area contributed by atoms with E-state index in [2.05, 4.69) is 4.98 Å². The van der Waals surface area contributed by atoms with E-state index >= 15 is 0 Å². The fourth-order valence-corrected chi connectivity index (χ4v) is 2.41. The Morgan fingerprint density at radius 3 is 2.96 bits per heavy atom. The summed E-state index contributed by atoms with van der Waals surface area (Å²) in [6.07, 6.45) is 0.555. The van der Waals surface area contributed by atoms with Gasteiger partial charge in [-0.05, 0) is 25.1 Å². The van der Waals surface area contributed by atoms with E-state index in [-0.39, 0.29) is 30.5 Å². The predicted molar refractivity (Wildman–Crippen MR) is 77.0 cm³/mol. The largest absolute Gasteiger partial charge is 0.515 e. The molecule has 0 saturated heterocycles. The summed E-state index contributed by atoms with van der Waals surface area (Å²) in [5, 5.41) is 0. The summed E-state index contributed by atoms with van der Waals surface area (Å²) in [6.45, 7) is 1.99. The van der Waals surface area contributed by atoms with E-state index in [1.165, 1.54) is 29.4 Å². The topological polar surface area (TPSA) is 73.7 Å². The van der Waals surface area contributed by atoms with Gasteiger partial charge in [-0.1, -0.05) is 0 Å². The number of hydrogen-bond donors (Lipinski definition) is 0. The quantitative estimate of drug-likeness (QED) is 0.793. The average Bonchev–Trinajstić information content (AvgIpc) is 2.84. The Labute approximate surface area is 131 Å². The maximum atomic E-state index is 13.5. The molecule has 2 aromatic rings. The number of benzene rings is 1. The second kappa shape index (κ2) is 5.71. The highest BCUT2D eigenvalue weighted by molar-refractivity contribution is 5.98. The SMILES string of the molecule is CCOC(=O)Oc1ncn2c1CN(C)C(=O)c1cc(F)ccc1-2. The van der Waals surface area contributed by atoms with Crippen molar-refractivity contribution < 1.29 is 23.5 Å². The minimum absolute atomic E-state index is 0.0558. The lowest BCUT2D eigenvalue weighted by atomic mass is 10.1. The molecule has 0 N–H and O–H groups in total. The second-order valence-electron chi connectivity index (χ2n) is 4.97. The Bertz CT molecular complexity index is 787. The number of imidazole rings is 1. The zero-order chi connectivity index (χ0) is 16.6. The molecule has 0 aliphatic carbocycles. The normalized spacial score (nSPS) is 13.2. The van der Waals surface area contributed by atoms with Crippen LogP contribution in [0.25, 0.3) is 5.69 Å². The first-order valence-electron chi connectivity index (χ1n) is 6.97. The minimum atomic E-state index is -0.869. The molecule has 0 radical (unpaired) electrons. The van der Waals surface area contributed by atoms with Crippen LogP contribution in [0.1, 0.15) is 23.0 Å². The summed E-state index contributed by atoms with van der Waals surface area (Å²) in [5.74, 6) is -0.775. The molecule has 1 aromatic carbocycles. The molecule has 0 fully saturated rings. The fraction of sp³-hybridized carbons (Fsp3) is 0.267. The first-order chi connectivity index (χ1) is 11.0. The van der Waals surface area contributed by atoms with E-state index in [9.17, 15) is 14.0 Å². The van der Waals surface area contributed by atoms with Gasteiger partial charge in [-0.2, -0.15) is 0 Å². The van der Waals surface area contributed by atoms with Crippen molar-refractivity contribution in [1.29, 1.82) is 0 Å². The van der Waals surface area contributed by atoms with Gasteiger partial charge >= 0.3 is 6.16 Å². The number of ether oxygens (including phenoxy) is 2. The van der Waals surface area contributed by atoms with Crippen LogP contribution in [-0.4, -0.2) is 40.2 Å². The molecule has 0 saturated carbocycles. The van der Waals surface area contributed by atoms with E-state index < -0.39 is 12.0 Å². The number of carbonyl (C=O) groups excluding carboxylic acids is 2. The van der Waals surface area contributed by atoms with Crippen molar-refractivity contribution >= 4 is 12.1 Å². The molecule has 2 heterocycles. The van der Waals surface area contributed by atoms with Crippen LogP contribution in [0, 0.1) is 5.82 Å². The lowest BCUT2D eigenvalue weighted by Crippen LogP contribution is -2.25. The lowest BCUT2D eigenvalue weighted by Gasteiger charge is -2.14. The highest BCUT2D eigenvalue weighted by atomic mass is 19.1. The molecule has 0 unspecified atom stereocenters. The molecule has 0 bridgehead atoms. The minimum Gasteiger partial charge on any atom is -0.434 e. The van der Waals surface area contributed by atoms with Crippen molar-refractivity contribution in [3.8, 4) is 11.6 Å². The number of rotatable bonds is 2. The molecule has 7 nitrogen and oxygen atoms in total. The molecule has 0 spiro atoms. The van der Waals surface area contributed by atoms with E-state index in [1.807, 2.05) is 0 Å². The van der Waals surface area contributed by atoms with Crippen molar-refractivity contribution in [1.82, 2.24) is 14.5 Å². The zero-order valence-corrected chi connectivity index (χ0v) is 12.6. The molecule has 1 aliphatic heterocycles. The van der Waals surface area contributed by atoms with Crippen LogP contribution in [-0.2, 0) is 11.3 Å². The van der Waals surface area contributed by atoms with Gasteiger partial charge in [0.2, 0.25) is 5.88 Å². The van der Waals surface area contributed by atoms with Crippen LogP contribution in [0.3, 0.4) is 0 Å². The summed E-state index contributed by atoms with van der Waals surface area (Å²) in [6, 6.07) is 3.92. The average molecular weight is 319 g/mol. The Hall–Kier alpha value is -2.90. The number of fused-ring (bicyclic) bond motifs is 3. The van der Waals surface area contributed by atoms with Gasteiger partial charge in [0, 0.05) is 7.05 Å². The molecule has 1 amide bonds. The molecule has 0 atom stereocenters. The summed E-state index contributed by atoms with van der Waals surface area (Å²) < 4.78 is 24.9. The second-order valence-corrected chi connectivity index (χ2v) is 4.97. The van der Waals surface area contributed by atoms with E-state index in [0.717, 1.165) is 0 Å². The van der Waals surface area contributed by atoms with Crippen LogP contribution in [0.5, 0.6) is 5.88 Å². The highest BCUT2D eigenvalue weighted by Crippen LogP contribution is 2.29. The Morgan fingerprint density at radius 2 is 2.22 bits per heavy atom.